The number of carbonyl (C=O) groups is 1. The molecular weight excluding hydrogens is 282 g/mol. The van der Waals surface area contributed by atoms with E-state index >= 15 is 0 Å². The van der Waals surface area contributed by atoms with E-state index in [0.29, 0.717) is 18.4 Å². The molecule has 0 fully saturated rings. The first-order valence-corrected chi connectivity index (χ1v) is 7.33. The summed E-state index contributed by atoms with van der Waals surface area (Å²) in [5, 5.41) is 0. The number of rotatable bonds is 10. The molecule has 0 aliphatic heterocycles. The van der Waals surface area contributed by atoms with Crippen molar-refractivity contribution in [1.29, 1.82) is 0 Å². The number of hydrogen-bond donors (Lipinski definition) is 1. The van der Waals surface area contributed by atoms with Crippen molar-refractivity contribution in [2.75, 3.05) is 19.8 Å². The maximum atomic E-state index is 11.3. The molecule has 0 aromatic carbocycles. The maximum absolute atomic E-state index is 11.3. The van der Waals surface area contributed by atoms with Gasteiger partial charge in [-0.2, -0.15) is 0 Å². The van der Waals surface area contributed by atoms with Crippen LogP contribution in [-0.4, -0.2) is 60.2 Å². The second kappa shape index (κ2) is 12.1. The first-order valence-electron chi connectivity index (χ1n) is 5.83. The van der Waals surface area contributed by atoms with E-state index in [1.807, 2.05) is 6.92 Å². The summed E-state index contributed by atoms with van der Waals surface area (Å²) in [4.78, 5) is 20.2. The van der Waals surface area contributed by atoms with Crippen LogP contribution < -0.4 is 0 Å². The molecule has 0 aromatic rings. The van der Waals surface area contributed by atoms with Crippen LogP contribution in [0.3, 0.4) is 0 Å². The molecular formula is C11H22NaO6P. The number of unbranched alkanes of at least 4 members (excludes halogenated alkanes) is 1. The summed E-state index contributed by atoms with van der Waals surface area (Å²) in [5.74, 6) is -0.485. The fourth-order valence-electron chi connectivity index (χ4n) is 0.888. The summed E-state index contributed by atoms with van der Waals surface area (Å²) in [5.41, 5.74) is 0.312. The Kier molecular flexibility index (Phi) is 13.8. The van der Waals surface area contributed by atoms with Crippen LogP contribution in [0.5, 0.6) is 0 Å². The second-order valence-electron chi connectivity index (χ2n) is 3.76. The first-order chi connectivity index (χ1) is 8.39. The van der Waals surface area contributed by atoms with Crippen molar-refractivity contribution in [3.8, 4) is 0 Å². The van der Waals surface area contributed by atoms with Gasteiger partial charge in [-0.1, -0.05) is 19.9 Å². The van der Waals surface area contributed by atoms with Crippen molar-refractivity contribution >= 4 is 43.3 Å². The average Bonchev–Trinajstić information content (AvgIpc) is 2.28. The van der Waals surface area contributed by atoms with Crippen molar-refractivity contribution in [1.82, 2.24) is 0 Å². The zero-order chi connectivity index (χ0) is 14.0. The molecule has 0 amide bonds. The van der Waals surface area contributed by atoms with Gasteiger partial charge in [0.2, 0.25) is 0 Å². The van der Waals surface area contributed by atoms with Gasteiger partial charge in [0.1, 0.15) is 0 Å². The fraction of sp³-hybridized carbons (Fsp3) is 0.727. The topological polar surface area (TPSA) is 82.1 Å². The Balaban J connectivity index is 0. The Hall–Kier alpha value is 0.320. The van der Waals surface area contributed by atoms with Gasteiger partial charge in [-0.3, -0.25) is 9.05 Å². The number of ether oxygens (including phenoxy) is 1. The quantitative estimate of drug-likeness (QED) is 0.218. The number of esters is 1. The summed E-state index contributed by atoms with van der Waals surface area (Å²) in [6.07, 6.45) is 1.89. The summed E-state index contributed by atoms with van der Waals surface area (Å²) in [6.45, 7) is 7.21. The molecule has 0 radical (unpaired) electrons. The second-order valence-corrected chi connectivity index (χ2v) is 5.21. The minimum atomic E-state index is -3.96. The molecule has 1 unspecified atom stereocenters. The van der Waals surface area contributed by atoms with Crippen molar-refractivity contribution in [2.24, 2.45) is 0 Å². The summed E-state index contributed by atoms with van der Waals surface area (Å²) >= 11 is 0. The van der Waals surface area contributed by atoms with Crippen LogP contribution in [0.1, 0.15) is 33.1 Å². The van der Waals surface area contributed by atoms with Crippen LogP contribution in [0.4, 0.5) is 0 Å². The Morgan fingerprint density at radius 1 is 1.21 bits per heavy atom. The number of phosphoric ester groups is 1. The Bertz CT molecular complexity index is 320. The van der Waals surface area contributed by atoms with Gasteiger partial charge in [0, 0.05) is 12.0 Å². The van der Waals surface area contributed by atoms with Gasteiger partial charge in [-0.25, -0.2) is 9.36 Å². The summed E-state index contributed by atoms with van der Waals surface area (Å²) < 4.78 is 25.5. The molecule has 0 rings (SSSR count). The molecule has 6 nitrogen and oxygen atoms in total. The molecule has 0 heterocycles. The van der Waals surface area contributed by atoms with Crippen LogP contribution in [0, 0.1) is 0 Å². The molecule has 108 valence electrons. The van der Waals surface area contributed by atoms with Gasteiger partial charge in [0.25, 0.3) is 0 Å². The van der Waals surface area contributed by atoms with E-state index in [4.69, 9.17) is 13.8 Å². The Morgan fingerprint density at radius 2 is 1.74 bits per heavy atom. The molecule has 0 saturated carbocycles. The van der Waals surface area contributed by atoms with Gasteiger partial charge >= 0.3 is 43.3 Å². The molecule has 0 saturated heterocycles. The van der Waals surface area contributed by atoms with Crippen molar-refractivity contribution in [2.45, 2.75) is 33.1 Å². The first kappa shape index (κ1) is 21.6. The van der Waals surface area contributed by atoms with E-state index in [0.717, 1.165) is 6.42 Å². The zero-order valence-corrected chi connectivity index (χ0v) is 11.8. The van der Waals surface area contributed by atoms with Gasteiger partial charge in [0.05, 0.1) is 19.8 Å². The molecule has 19 heavy (non-hydrogen) atoms. The van der Waals surface area contributed by atoms with E-state index in [1.54, 1.807) is 6.92 Å². The molecule has 0 spiro atoms. The predicted molar refractivity (Wildman–Crippen MR) is 74.2 cm³/mol. The van der Waals surface area contributed by atoms with Gasteiger partial charge in [0.15, 0.2) is 0 Å². The zero-order valence-electron chi connectivity index (χ0n) is 10.9. The molecule has 0 aliphatic rings. The monoisotopic (exact) mass is 304 g/mol. The van der Waals surface area contributed by atoms with E-state index in [-0.39, 0.29) is 49.4 Å². The van der Waals surface area contributed by atoms with Crippen LogP contribution in [-0.2, 0) is 23.1 Å². The number of carbonyl (C=O) groups excluding carboxylic acids is 1. The summed E-state index contributed by atoms with van der Waals surface area (Å²) in [6, 6.07) is 0. The third-order valence-electron chi connectivity index (χ3n) is 1.88. The third kappa shape index (κ3) is 13.1. The van der Waals surface area contributed by atoms with Crippen LogP contribution >= 0.6 is 7.82 Å². The predicted octanol–water partition coefficient (Wildman–Crippen LogP) is 1.78. The molecule has 0 aromatic heterocycles. The minimum absolute atomic E-state index is 0. The molecule has 1 N–H and O–H groups in total. The van der Waals surface area contributed by atoms with E-state index in [1.165, 1.54) is 0 Å². The van der Waals surface area contributed by atoms with Crippen LogP contribution in [0.25, 0.3) is 0 Å². The fourth-order valence-corrected chi connectivity index (χ4v) is 1.68. The van der Waals surface area contributed by atoms with Crippen LogP contribution in [0.2, 0.25) is 0 Å². The van der Waals surface area contributed by atoms with E-state index in [9.17, 15) is 14.3 Å². The number of phosphoric acid groups is 1. The number of hydrogen-bond acceptors (Lipinski definition) is 5. The van der Waals surface area contributed by atoms with Gasteiger partial charge in [-0.05, 0) is 13.3 Å². The molecule has 1 atom stereocenters. The molecule has 0 bridgehead atoms. The SMILES string of the molecule is C=C(C)C(=O)OCCCOP(=O)(O)OCCCC.[NaH]. The van der Waals surface area contributed by atoms with E-state index < -0.39 is 13.8 Å². The van der Waals surface area contributed by atoms with Crippen LogP contribution in [0.15, 0.2) is 12.2 Å². The Labute approximate surface area is 136 Å². The molecule has 8 heteroatoms. The van der Waals surface area contributed by atoms with Crippen molar-refractivity contribution in [3.05, 3.63) is 12.2 Å². The molecule has 0 aliphatic carbocycles. The third-order valence-corrected chi connectivity index (χ3v) is 2.89. The standard InChI is InChI=1S/C11H21O6P.Na.H/c1-4-5-8-16-18(13,14)17-9-6-7-15-11(12)10(2)3;;/h2,4-9H2,1,3H3,(H,13,14);;. The average molecular weight is 304 g/mol. The van der Waals surface area contributed by atoms with E-state index in [2.05, 4.69) is 6.58 Å². The van der Waals surface area contributed by atoms with Crippen molar-refractivity contribution in [3.63, 3.8) is 0 Å². The van der Waals surface area contributed by atoms with Gasteiger partial charge in [-0.15, -0.1) is 0 Å². The Morgan fingerprint density at radius 3 is 2.21 bits per heavy atom. The normalized spacial score (nSPS) is 13.2. The summed E-state index contributed by atoms with van der Waals surface area (Å²) in [7, 11) is -3.96. The van der Waals surface area contributed by atoms with Gasteiger partial charge < -0.3 is 9.63 Å². The van der Waals surface area contributed by atoms with Crippen molar-refractivity contribution < 1.29 is 28.0 Å².